The summed E-state index contributed by atoms with van der Waals surface area (Å²) in [4.78, 5) is 23.2. The Morgan fingerprint density at radius 3 is 2.62 bits per heavy atom. The van der Waals surface area contributed by atoms with E-state index in [2.05, 4.69) is 26.2 Å². The Bertz CT molecular complexity index is 564. The third-order valence-corrected chi connectivity index (χ3v) is 4.02. The lowest BCUT2D eigenvalue weighted by molar-refractivity contribution is -0.122. The number of hydrazine groups is 1. The average molecular weight is 336 g/mol. The van der Waals surface area contributed by atoms with Gasteiger partial charge in [0.2, 0.25) is 5.91 Å². The Morgan fingerprint density at radius 1 is 1.29 bits per heavy atom. The lowest BCUT2D eigenvalue weighted by atomic mass is 9.95. The Labute approximate surface area is 141 Å². The van der Waals surface area contributed by atoms with Gasteiger partial charge in [0.25, 0.3) is 0 Å². The maximum absolute atomic E-state index is 12.0. The van der Waals surface area contributed by atoms with Crippen molar-refractivity contribution in [2.24, 2.45) is 5.92 Å². The number of methoxy groups -OCH3 is 2. The van der Waals surface area contributed by atoms with E-state index >= 15 is 0 Å². The molecule has 4 N–H and O–H groups in total. The van der Waals surface area contributed by atoms with Crippen molar-refractivity contribution in [1.29, 1.82) is 0 Å². The first-order valence-corrected chi connectivity index (χ1v) is 7.79. The Balaban J connectivity index is 1.88. The lowest BCUT2D eigenvalue weighted by Gasteiger charge is -2.21. The van der Waals surface area contributed by atoms with Gasteiger partial charge >= 0.3 is 6.09 Å². The first kappa shape index (κ1) is 18.0. The first-order chi connectivity index (χ1) is 11.5. The van der Waals surface area contributed by atoms with E-state index in [1.165, 1.54) is 7.11 Å². The zero-order valence-electron chi connectivity index (χ0n) is 14.1. The molecular formula is C16H24N4O4. The van der Waals surface area contributed by atoms with Gasteiger partial charge in [-0.2, -0.15) is 0 Å². The second kappa shape index (κ2) is 8.51. The van der Waals surface area contributed by atoms with E-state index in [1.54, 1.807) is 14.0 Å². The number of rotatable bonds is 6. The third-order valence-electron chi connectivity index (χ3n) is 4.02. The van der Waals surface area contributed by atoms with Crippen molar-refractivity contribution in [3.8, 4) is 5.75 Å². The highest BCUT2D eigenvalue weighted by Gasteiger charge is 2.29. The quantitative estimate of drug-likeness (QED) is 0.597. The molecule has 2 rings (SSSR count). The van der Waals surface area contributed by atoms with Crippen molar-refractivity contribution in [3.63, 3.8) is 0 Å². The Morgan fingerprint density at radius 2 is 2.00 bits per heavy atom. The molecule has 3 atom stereocenters. The van der Waals surface area contributed by atoms with E-state index in [4.69, 9.17) is 4.74 Å². The highest BCUT2D eigenvalue weighted by molar-refractivity contribution is 5.85. The van der Waals surface area contributed by atoms with Crippen molar-refractivity contribution >= 4 is 12.0 Å². The highest BCUT2D eigenvalue weighted by Crippen LogP contribution is 2.26. The molecule has 0 spiro atoms. The van der Waals surface area contributed by atoms with Crippen LogP contribution in [0.1, 0.15) is 18.5 Å². The molecule has 0 saturated carbocycles. The summed E-state index contributed by atoms with van der Waals surface area (Å²) >= 11 is 0. The normalized spacial score (nSPS) is 21.0. The van der Waals surface area contributed by atoms with Crippen LogP contribution in [0.15, 0.2) is 24.3 Å². The largest absolute Gasteiger partial charge is 0.497 e. The summed E-state index contributed by atoms with van der Waals surface area (Å²) in [5.74, 6) is 0.741. The van der Waals surface area contributed by atoms with E-state index in [-0.39, 0.29) is 17.9 Å². The summed E-state index contributed by atoms with van der Waals surface area (Å²) in [7, 11) is 2.89. The van der Waals surface area contributed by atoms with Crippen molar-refractivity contribution in [1.82, 2.24) is 21.5 Å². The minimum atomic E-state index is -0.654. The van der Waals surface area contributed by atoms with Crippen molar-refractivity contribution in [3.05, 3.63) is 29.8 Å². The van der Waals surface area contributed by atoms with Crippen LogP contribution in [0.5, 0.6) is 5.75 Å². The number of alkyl carbamates (subject to hydrolysis) is 1. The molecule has 0 aromatic heterocycles. The van der Waals surface area contributed by atoms with Crippen molar-refractivity contribution in [2.45, 2.75) is 19.0 Å². The zero-order chi connectivity index (χ0) is 17.5. The van der Waals surface area contributed by atoms with Gasteiger partial charge in [-0.3, -0.25) is 10.2 Å². The monoisotopic (exact) mass is 336 g/mol. The van der Waals surface area contributed by atoms with Crippen molar-refractivity contribution in [2.75, 3.05) is 27.3 Å². The summed E-state index contributed by atoms with van der Waals surface area (Å²) in [6.45, 7) is 2.83. The van der Waals surface area contributed by atoms with Gasteiger partial charge in [-0.15, -0.1) is 0 Å². The maximum atomic E-state index is 12.0. The fourth-order valence-corrected chi connectivity index (χ4v) is 2.58. The fraction of sp³-hybridized carbons (Fsp3) is 0.500. The van der Waals surface area contributed by atoms with Gasteiger partial charge in [0.15, 0.2) is 0 Å². The van der Waals surface area contributed by atoms with Gasteiger partial charge in [-0.1, -0.05) is 12.1 Å². The molecule has 0 radical (unpaired) electrons. The molecule has 1 aliphatic heterocycles. The van der Waals surface area contributed by atoms with Crippen LogP contribution in [-0.4, -0.2) is 45.4 Å². The summed E-state index contributed by atoms with van der Waals surface area (Å²) in [5.41, 5.74) is 7.46. The smallest absolute Gasteiger partial charge is 0.407 e. The molecule has 3 unspecified atom stereocenters. The second-order valence-corrected chi connectivity index (χ2v) is 5.64. The molecule has 1 saturated heterocycles. The summed E-state index contributed by atoms with van der Waals surface area (Å²) in [5, 5.41) is 5.30. The number of carbonyl (C=O) groups excluding carboxylic acids is 2. The second-order valence-electron chi connectivity index (χ2n) is 5.64. The Kier molecular flexibility index (Phi) is 6.39. The summed E-state index contributed by atoms with van der Waals surface area (Å²) in [6.07, 6.45) is -0.627. The fourth-order valence-electron chi connectivity index (χ4n) is 2.58. The summed E-state index contributed by atoms with van der Waals surface area (Å²) in [6, 6.07) is 7.25. The van der Waals surface area contributed by atoms with E-state index < -0.39 is 12.1 Å². The highest BCUT2D eigenvalue weighted by atomic mass is 16.5. The van der Waals surface area contributed by atoms with Gasteiger partial charge in [-0.25, -0.2) is 10.2 Å². The molecule has 1 aromatic carbocycles. The van der Waals surface area contributed by atoms with Crippen LogP contribution < -0.4 is 26.2 Å². The van der Waals surface area contributed by atoms with Crippen molar-refractivity contribution < 1.29 is 19.1 Å². The number of benzene rings is 1. The number of carbonyl (C=O) groups is 2. The SMILES string of the molecule is COC(=O)NC(C)C(=O)NCC1CNNC1c1ccc(OC)cc1. The Hall–Kier alpha value is -2.32. The molecule has 132 valence electrons. The number of ether oxygens (including phenoxy) is 2. The molecular weight excluding hydrogens is 312 g/mol. The van der Waals surface area contributed by atoms with Gasteiger partial charge in [0.05, 0.1) is 20.3 Å². The van der Waals surface area contributed by atoms with Crippen LogP contribution in [0.3, 0.4) is 0 Å². The van der Waals surface area contributed by atoms with E-state index in [0.717, 1.165) is 17.9 Å². The van der Waals surface area contributed by atoms with Gasteiger partial charge < -0.3 is 20.1 Å². The minimum absolute atomic E-state index is 0.0834. The van der Waals surface area contributed by atoms with Crippen LogP contribution in [0.4, 0.5) is 4.79 Å². The maximum Gasteiger partial charge on any atom is 0.407 e. The van der Waals surface area contributed by atoms with Crippen LogP contribution in [0.25, 0.3) is 0 Å². The number of hydrogen-bond acceptors (Lipinski definition) is 6. The number of hydrogen-bond donors (Lipinski definition) is 4. The van der Waals surface area contributed by atoms with Crippen LogP contribution in [0.2, 0.25) is 0 Å². The molecule has 24 heavy (non-hydrogen) atoms. The molecule has 1 heterocycles. The predicted octanol–water partition coefficient (Wildman–Crippen LogP) is 0.321. The topological polar surface area (TPSA) is 101 Å². The molecule has 0 aliphatic carbocycles. The minimum Gasteiger partial charge on any atom is -0.497 e. The van der Waals surface area contributed by atoms with Gasteiger partial charge in [-0.05, 0) is 24.6 Å². The van der Waals surface area contributed by atoms with Gasteiger partial charge in [0.1, 0.15) is 11.8 Å². The van der Waals surface area contributed by atoms with Crippen LogP contribution in [-0.2, 0) is 9.53 Å². The molecule has 1 aliphatic rings. The van der Waals surface area contributed by atoms with Crippen LogP contribution in [0, 0.1) is 5.92 Å². The molecule has 0 bridgehead atoms. The van der Waals surface area contributed by atoms with E-state index in [0.29, 0.717) is 6.54 Å². The molecule has 8 heteroatoms. The van der Waals surface area contributed by atoms with Gasteiger partial charge in [0, 0.05) is 19.0 Å². The zero-order valence-corrected chi connectivity index (χ0v) is 14.1. The number of nitrogens with one attached hydrogen (secondary N) is 4. The van der Waals surface area contributed by atoms with Crippen LogP contribution >= 0.6 is 0 Å². The third kappa shape index (κ3) is 4.59. The number of amides is 2. The van der Waals surface area contributed by atoms with E-state index in [9.17, 15) is 9.59 Å². The standard InChI is InChI=1S/C16H24N4O4/c1-10(19-16(22)24-3)15(21)17-8-12-9-18-20-14(12)11-4-6-13(23-2)7-5-11/h4-7,10,12,14,18,20H,8-9H2,1-3H3,(H,17,21)(H,19,22). The molecule has 2 amide bonds. The molecule has 1 aromatic rings. The predicted molar refractivity (Wildman–Crippen MR) is 88.4 cm³/mol. The molecule has 1 fully saturated rings. The lowest BCUT2D eigenvalue weighted by Crippen LogP contribution is -2.46. The first-order valence-electron chi connectivity index (χ1n) is 7.79. The average Bonchev–Trinajstić information content (AvgIpc) is 3.08. The van der Waals surface area contributed by atoms with E-state index in [1.807, 2.05) is 24.3 Å². The molecule has 8 nitrogen and oxygen atoms in total. The summed E-state index contributed by atoms with van der Waals surface area (Å²) < 4.78 is 9.65.